The maximum atomic E-state index is 12.6. The highest BCUT2D eigenvalue weighted by molar-refractivity contribution is 5.96. The lowest BCUT2D eigenvalue weighted by Gasteiger charge is -2.12. The molecular weight excluding hydrogens is 412 g/mol. The summed E-state index contributed by atoms with van der Waals surface area (Å²) in [6.07, 6.45) is 3.11. The van der Waals surface area contributed by atoms with Crippen LogP contribution in [0.1, 0.15) is 38.8 Å². The Hall–Kier alpha value is -4.39. The van der Waals surface area contributed by atoms with Crippen LogP contribution in [0.3, 0.4) is 0 Å². The average molecular weight is 432 g/mol. The number of nitrogens with zero attached hydrogens (tertiary/aromatic N) is 5. The van der Waals surface area contributed by atoms with Crippen LogP contribution >= 0.6 is 0 Å². The van der Waals surface area contributed by atoms with Crippen LogP contribution in [-0.4, -0.2) is 37.6 Å². The van der Waals surface area contributed by atoms with Crippen molar-refractivity contribution in [2.24, 2.45) is 0 Å². The van der Waals surface area contributed by atoms with E-state index >= 15 is 0 Å². The number of furan rings is 1. The number of fused-ring (bicyclic) bond motifs is 1. The predicted octanol–water partition coefficient (Wildman–Crippen LogP) is 2.76. The number of hydrogen-bond acceptors (Lipinski definition) is 7. The van der Waals surface area contributed by atoms with Crippen molar-refractivity contribution in [3.63, 3.8) is 0 Å². The number of hydrogen-bond donors (Lipinski definition) is 1. The van der Waals surface area contributed by atoms with E-state index in [1.807, 2.05) is 19.9 Å². The van der Waals surface area contributed by atoms with Gasteiger partial charge in [-0.2, -0.15) is 5.26 Å². The lowest BCUT2D eigenvalue weighted by molar-refractivity contribution is -0.119. The van der Waals surface area contributed by atoms with Gasteiger partial charge >= 0.3 is 5.97 Å². The summed E-state index contributed by atoms with van der Waals surface area (Å²) in [5.74, 6) is 0.416. The molecule has 0 aliphatic rings. The Balaban J connectivity index is 1.48. The van der Waals surface area contributed by atoms with E-state index < -0.39 is 18.5 Å². The maximum absolute atomic E-state index is 12.6. The van der Waals surface area contributed by atoms with E-state index in [2.05, 4.69) is 21.6 Å². The third kappa shape index (κ3) is 3.83. The van der Waals surface area contributed by atoms with Gasteiger partial charge < -0.3 is 19.0 Å². The van der Waals surface area contributed by atoms with Gasteiger partial charge in [0.15, 0.2) is 12.3 Å². The molecule has 4 aromatic rings. The molecule has 162 valence electrons. The molecular formula is C22H20N6O4. The van der Waals surface area contributed by atoms with Gasteiger partial charge in [0.2, 0.25) is 0 Å². The molecule has 0 saturated heterocycles. The molecule has 0 fully saturated rings. The number of aromatic nitrogens is 4. The SMILES string of the molecule is Cc1c(C#N)c(NC(=O)COC(=O)c2ccc3nnc(C)n3c2)n(Cc2ccco2)c1C. The fourth-order valence-corrected chi connectivity index (χ4v) is 3.40. The Labute approximate surface area is 183 Å². The Morgan fingerprint density at radius 1 is 1.22 bits per heavy atom. The molecule has 4 heterocycles. The smallest absolute Gasteiger partial charge is 0.340 e. The van der Waals surface area contributed by atoms with Crippen LogP contribution < -0.4 is 5.32 Å². The summed E-state index contributed by atoms with van der Waals surface area (Å²) < 4.78 is 14.0. The van der Waals surface area contributed by atoms with Crippen molar-refractivity contribution in [3.8, 4) is 6.07 Å². The fraction of sp³-hybridized carbons (Fsp3) is 0.227. The molecule has 1 N–H and O–H groups in total. The lowest BCUT2D eigenvalue weighted by atomic mass is 10.2. The number of carbonyl (C=O) groups excluding carboxylic acids is 2. The highest BCUT2D eigenvalue weighted by Gasteiger charge is 2.21. The zero-order valence-electron chi connectivity index (χ0n) is 17.7. The molecule has 0 radical (unpaired) electrons. The number of pyridine rings is 1. The van der Waals surface area contributed by atoms with E-state index in [1.54, 1.807) is 46.6 Å². The highest BCUT2D eigenvalue weighted by atomic mass is 16.5. The average Bonchev–Trinajstić information content (AvgIpc) is 3.49. The first-order chi connectivity index (χ1) is 15.4. The third-order valence-electron chi connectivity index (χ3n) is 5.24. The zero-order valence-corrected chi connectivity index (χ0v) is 17.7. The first-order valence-corrected chi connectivity index (χ1v) is 9.79. The number of anilines is 1. The Morgan fingerprint density at radius 3 is 2.75 bits per heavy atom. The molecule has 0 aliphatic carbocycles. The molecule has 0 aromatic carbocycles. The summed E-state index contributed by atoms with van der Waals surface area (Å²) in [6, 6.07) is 8.90. The van der Waals surface area contributed by atoms with Crippen LogP contribution in [0.2, 0.25) is 0 Å². The Kier molecular flexibility index (Phi) is 5.47. The second kappa shape index (κ2) is 8.39. The summed E-state index contributed by atoms with van der Waals surface area (Å²) in [5, 5.41) is 20.2. The van der Waals surface area contributed by atoms with E-state index in [0.717, 1.165) is 11.3 Å². The normalized spacial score (nSPS) is 10.8. The molecule has 10 heteroatoms. The monoisotopic (exact) mass is 432 g/mol. The number of rotatable bonds is 6. The first-order valence-electron chi connectivity index (χ1n) is 9.79. The number of carbonyl (C=O) groups is 2. The van der Waals surface area contributed by atoms with Crippen molar-refractivity contribution in [2.75, 3.05) is 11.9 Å². The van der Waals surface area contributed by atoms with E-state index in [1.165, 1.54) is 0 Å². The van der Waals surface area contributed by atoms with Gasteiger partial charge in [0.1, 0.15) is 23.5 Å². The fourth-order valence-electron chi connectivity index (χ4n) is 3.40. The molecule has 0 atom stereocenters. The summed E-state index contributed by atoms with van der Waals surface area (Å²) in [7, 11) is 0. The summed E-state index contributed by atoms with van der Waals surface area (Å²) in [6.45, 7) is 5.27. The molecule has 0 saturated carbocycles. The Morgan fingerprint density at radius 2 is 2.03 bits per heavy atom. The van der Waals surface area contributed by atoms with E-state index in [0.29, 0.717) is 35.2 Å². The summed E-state index contributed by atoms with van der Waals surface area (Å²) in [4.78, 5) is 25.0. The van der Waals surface area contributed by atoms with Crippen molar-refractivity contribution in [2.45, 2.75) is 27.3 Å². The molecule has 0 unspecified atom stereocenters. The third-order valence-corrected chi connectivity index (χ3v) is 5.24. The van der Waals surface area contributed by atoms with E-state index in [4.69, 9.17) is 9.15 Å². The van der Waals surface area contributed by atoms with Gasteiger partial charge in [-0.25, -0.2) is 4.79 Å². The molecule has 32 heavy (non-hydrogen) atoms. The van der Waals surface area contributed by atoms with Crippen molar-refractivity contribution in [1.29, 1.82) is 5.26 Å². The summed E-state index contributed by atoms with van der Waals surface area (Å²) >= 11 is 0. The van der Waals surface area contributed by atoms with Crippen molar-refractivity contribution >= 4 is 23.3 Å². The Bertz CT molecular complexity index is 1360. The van der Waals surface area contributed by atoms with Crippen LogP contribution in [0.15, 0.2) is 41.1 Å². The largest absolute Gasteiger partial charge is 0.467 e. The molecule has 0 aliphatic heterocycles. The second-order valence-corrected chi connectivity index (χ2v) is 7.23. The minimum atomic E-state index is -0.658. The highest BCUT2D eigenvalue weighted by Crippen LogP contribution is 2.27. The lowest BCUT2D eigenvalue weighted by Crippen LogP contribution is -2.23. The molecule has 4 aromatic heterocycles. The van der Waals surface area contributed by atoms with Crippen LogP contribution in [0.4, 0.5) is 5.82 Å². The van der Waals surface area contributed by atoms with Crippen molar-refractivity contribution in [3.05, 3.63) is 70.7 Å². The van der Waals surface area contributed by atoms with Gasteiger partial charge in [-0.1, -0.05) is 0 Å². The van der Waals surface area contributed by atoms with E-state index in [9.17, 15) is 14.9 Å². The zero-order chi connectivity index (χ0) is 22.8. The number of esters is 1. The van der Waals surface area contributed by atoms with Gasteiger partial charge in [0.05, 0.1) is 23.9 Å². The topological polar surface area (TPSA) is 127 Å². The van der Waals surface area contributed by atoms with Gasteiger partial charge in [-0.15, -0.1) is 10.2 Å². The van der Waals surface area contributed by atoms with Crippen LogP contribution in [-0.2, 0) is 16.1 Å². The second-order valence-electron chi connectivity index (χ2n) is 7.23. The van der Waals surface area contributed by atoms with Crippen molar-refractivity contribution in [1.82, 2.24) is 19.2 Å². The van der Waals surface area contributed by atoms with E-state index in [-0.39, 0.29) is 5.56 Å². The number of amides is 1. The predicted molar refractivity (Wildman–Crippen MR) is 113 cm³/mol. The minimum absolute atomic E-state index is 0.263. The first kappa shape index (κ1) is 20.9. The van der Waals surface area contributed by atoms with Crippen LogP contribution in [0, 0.1) is 32.1 Å². The number of nitriles is 1. The van der Waals surface area contributed by atoms with Gasteiger partial charge in [0, 0.05) is 11.9 Å². The number of nitrogens with one attached hydrogen (secondary N) is 1. The maximum Gasteiger partial charge on any atom is 0.340 e. The number of ether oxygens (including phenoxy) is 1. The van der Waals surface area contributed by atoms with Crippen LogP contribution in [0.25, 0.3) is 5.65 Å². The molecule has 0 bridgehead atoms. The van der Waals surface area contributed by atoms with Crippen LogP contribution in [0.5, 0.6) is 0 Å². The molecule has 4 rings (SSSR count). The molecule has 0 spiro atoms. The molecule has 1 amide bonds. The van der Waals surface area contributed by atoms with Crippen molar-refractivity contribution < 1.29 is 18.7 Å². The summed E-state index contributed by atoms with van der Waals surface area (Å²) in [5.41, 5.74) is 2.79. The standard InChI is InChI=1S/C22H20N6O4/c1-13-14(2)27(11-17-5-4-8-31-17)21(18(13)9-23)24-20(29)12-32-22(30)16-6-7-19-26-25-15(3)28(19)10-16/h4-8,10H,11-12H2,1-3H3,(H,24,29). The number of aryl methyl sites for hydroxylation is 1. The quantitative estimate of drug-likeness (QED) is 0.464. The van der Waals surface area contributed by atoms with Gasteiger partial charge in [-0.3, -0.25) is 9.20 Å². The van der Waals surface area contributed by atoms with Gasteiger partial charge in [0.25, 0.3) is 5.91 Å². The minimum Gasteiger partial charge on any atom is -0.467 e. The molecule has 10 nitrogen and oxygen atoms in total. The van der Waals surface area contributed by atoms with Gasteiger partial charge in [-0.05, 0) is 50.6 Å².